The van der Waals surface area contributed by atoms with E-state index in [1.807, 2.05) is 35.7 Å². The van der Waals surface area contributed by atoms with Crippen LogP contribution in [0, 0.1) is 0 Å². The Morgan fingerprint density at radius 2 is 1.90 bits per heavy atom. The molecule has 1 fully saturated rings. The van der Waals surface area contributed by atoms with E-state index in [2.05, 4.69) is 45.5 Å². The van der Waals surface area contributed by atoms with Gasteiger partial charge < -0.3 is 5.32 Å². The number of nitrogens with one attached hydrogen (secondary N) is 1. The first-order chi connectivity index (χ1) is 14.3. The summed E-state index contributed by atoms with van der Waals surface area (Å²) in [6.07, 6.45) is 6.31. The highest BCUT2D eigenvalue weighted by atomic mass is 32.1. The van der Waals surface area contributed by atoms with Gasteiger partial charge in [-0.25, -0.2) is 4.98 Å². The van der Waals surface area contributed by atoms with Crippen LogP contribution >= 0.6 is 11.3 Å². The van der Waals surface area contributed by atoms with Crippen LogP contribution in [0.4, 0.5) is 0 Å². The molecule has 4 rings (SSSR count). The number of likely N-dealkylation sites (tertiary alicyclic amines) is 1. The fraction of sp³-hybridized carbons (Fsp3) is 0.333. The highest BCUT2D eigenvalue weighted by Gasteiger charge is 2.27. The number of hydrogen-bond donors (Lipinski definition) is 1. The lowest BCUT2D eigenvalue weighted by atomic mass is 10.0. The maximum absolute atomic E-state index is 12.9. The lowest BCUT2D eigenvalue weighted by Gasteiger charge is -2.25. The average Bonchev–Trinajstić information content (AvgIpc) is 3.44. The van der Waals surface area contributed by atoms with Crippen LogP contribution in [0.15, 0.2) is 72.2 Å². The van der Waals surface area contributed by atoms with Crippen LogP contribution in [0.25, 0.3) is 0 Å². The first-order valence-corrected chi connectivity index (χ1v) is 11.2. The molecule has 1 aliphatic heterocycles. The van der Waals surface area contributed by atoms with Crippen LogP contribution in [0.3, 0.4) is 0 Å². The van der Waals surface area contributed by atoms with E-state index in [1.165, 1.54) is 18.4 Å². The van der Waals surface area contributed by atoms with Gasteiger partial charge in [-0.3, -0.25) is 9.69 Å². The Bertz CT molecular complexity index is 883. The zero-order chi connectivity index (χ0) is 19.9. The van der Waals surface area contributed by atoms with Gasteiger partial charge in [-0.15, -0.1) is 11.3 Å². The Kier molecular flexibility index (Phi) is 6.70. The van der Waals surface area contributed by atoms with Crippen molar-refractivity contribution in [3.05, 3.63) is 88.4 Å². The van der Waals surface area contributed by atoms with Crippen molar-refractivity contribution in [2.75, 3.05) is 13.1 Å². The molecule has 150 valence electrons. The third-order valence-corrected chi connectivity index (χ3v) is 6.43. The Labute approximate surface area is 176 Å². The Morgan fingerprint density at radius 1 is 1.14 bits per heavy atom. The molecule has 1 amide bonds. The van der Waals surface area contributed by atoms with Crippen molar-refractivity contribution < 1.29 is 4.79 Å². The number of carbonyl (C=O) groups excluding carboxylic acids is 1. The summed E-state index contributed by atoms with van der Waals surface area (Å²) in [5.74, 6) is 0.0701. The fourth-order valence-electron chi connectivity index (χ4n) is 4.11. The Balaban J connectivity index is 1.37. The minimum atomic E-state index is -0.186. The van der Waals surface area contributed by atoms with Crippen molar-refractivity contribution in [3.63, 3.8) is 0 Å². The summed E-state index contributed by atoms with van der Waals surface area (Å²) in [5, 5.41) is 6.10. The van der Waals surface area contributed by atoms with Gasteiger partial charge in [-0.1, -0.05) is 60.7 Å². The van der Waals surface area contributed by atoms with E-state index < -0.39 is 0 Å². The molecule has 1 aliphatic rings. The first kappa shape index (κ1) is 19.8. The Hall–Kier alpha value is -2.50. The van der Waals surface area contributed by atoms with Crippen molar-refractivity contribution in [1.82, 2.24) is 15.2 Å². The predicted molar refractivity (Wildman–Crippen MR) is 118 cm³/mol. The zero-order valence-corrected chi connectivity index (χ0v) is 17.4. The lowest BCUT2D eigenvalue weighted by Crippen LogP contribution is -2.41. The molecule has 3 aromatic rings. The molecular formula is C24H27N3OS. The second-order valence-corrected chi connectivity index (χ2v) is 8.50. The quantitative estimate of drug-likeness (QED) is 0.602. The van der Waals surface area contributed by atoms with Crippen molar-refractivity contribution >= 4 is 17.2 Å². The number of hydrogen-bond acceptors (Lipinski definition) is 4. The number of thiazole rings is 1. The summed E-state index contributed by atoms with van der Waals surface area (Å²) in [6.45, 7) is 1.45. The summed E-state index contributed by atoms with van der Waals surface area (Å²) in [6, 6.07) is 21.0. The summed E-state index contributed by atoms with van der Waals surface area (Å²) in [4.78, 5) is 19.7. The highest BCUT2D eigenvalue weighted by molar-refractivity contribution is 7.09. The molecule has 2 heterocycles. The van der Waals surface area contributed by atoms with Crippen molar-refractivity contribution in [2.45, 2.75) is 37.8 Å². The zero-order valence-electron chi connectivity index (χ0n) is 16.5. The van der Waals surface area contributed by atoms with Crippen LogP contribution in [0.5, 0.6) is 0 Å². The maximum Gasteiger partial charge on any atom is 0.235 e. The maximum atomic E-state index is 12.9. The highest BCUT2D eigenvalue weighted by Crippen LogP contribution is 2.25. The third-order valence-electron chi connectivity index (χ3n) is 5.59. The Morgan fingerprint density at radius 3 is 2.62 bits per heavy atom. The molecule has 0 bridgehead atoms. The summed E-state index contributed by atoms with van der Waals surface area (Å²) >= 11 is 1.58. The largest absolute Gasteiger partial charge is 0.342 e. The monoisotopic (exact) mass is 405 g/mol. The number of aryl methyl sites for hydroxylation is 1. The normalized spacial score (nSPS) is 17.9. The molecule has 1 N–H and O–H groups in total. The van der Waals surface area contributed by atoms with E-state index in [4.69, 9.17) is 0 Å². The van der Waals surface area contributed by atoms with Crippen molar-refractivity contribution in [1.29, 1.82) is 0 Å². The summed E-state index contributed by atoms with van der Waals surface area (Å²) < 4.78 is 0. The van der Waals surface area contributed by atoms with Crippen LogP contribution < -0.4 is 5.32 Å². The topological polar surface area (TPSA) is 45.2 Å². The molecule has 5 heteroatoms. The molecule has 1 aromatic heterocycles. The molecule has 1 saturated heterocycles. The molecule has 2 atom stereocenters. The van der Waals surface area contributed by atoms with E-state index >= 15 is 0 Å². The minimum Gasteiger partial charge on any atom is -0.342 e. The van der Waals surface area contributed by atoms with Gasteiger partial charge in [0.15, 0.2) is 0 Å². The van der Waals surface area contributed by atoms with E-state index in [0.29, 0.717) is 12.6 Å². The number of nitrogens with zero attached hydrogens (tertiary/aromatic N) is 2. The fourth-order valence-corrected chi connectivity index (χ4v) is 4.82. The van der Waals surface area contributed by atoms with E-state index in [-0.39, 0.29) is 11.9 Å². The standard InChI is InChI=1S/C24H27N3OS/c28-22(26-23(24-25-15-17-29-24)20-10-5-2-6-11-20)18-27-16-7-12-21(27)14-13-19-8-3-1-4-9-19/h1-6,8-11,15,17,21,23H,7,12-14,16,18H2,(H,26,28). The predicted octanol–water partition coefficient (Wildman–Crippen LogP) is 4.45. The van der Waals surface area contributed by atoms with Crippen LogP contribution in [0.2, 0.25) is 0 Å². The molecule has 4 nitrogen and oxygen atoms in total. The van der Waals surface area contributed by atoms with Gasteiger partial charge in [0.05, 0.1) is 6.54 Å². The van der Waals surface area contributed by atoms with Gasteiger partial charge >= 0.3 is 0 Å². The SMILES string of the molecule is O=C(CN1CCCC1CCc1ccccc1)NC(c1ccccc1)c1nccs1. The molecule has 29 heavy (non-hydrogen) atoms. The van der Waals surface area contributed by atoms with Gasteiger partial charge in [-0.05, 0) is 43.4 Å². The molecule has 2 aromatic carbocycles. The van der Waals surface area contributed by atoms with Crippen LogP contribution in [-0.2, 0) is 11.2 Å². The van der Waals surface area contributed by atoms with Gasteiger partial charge in [0, 0.05) is 17.6 Å². The number of aromatic nitrogens is 1. The van der Waals surface area contributed by atoms with Crippen molar-refractivity contribution in [3.8, 4) is 0 Å². The molecule has 0 radical (unpaired) electrons. The molecule has 0 aliphatic carbocycles. The molecular weight excluding hydrogens is 378 g/mol. The van der Waals surface area contributed by atoms with Crippen molar-refractivity contribution in [2.24, 2.45) is 0 Å². The van der Waals surface area contributed by atoms with Crippen LogP contribution in [0.1, 0.15) is 41.4 Å². The van der Waals surface area contributed by atoms with Crippen LogP contribution in [-0.4, -0.2) is 34.9 Å². The average molecular weight is 406 g/mol. The lowest BCUT2D eigenvalue weighted by molar-refractivity contribution is -0.123. The van der Waals surface area contributed by atoms with Gasteiger partial charge in [0.1, 0.15) is 11.0 Å². The van der Waals surface area contributed by atoms with Gasteiger partial charge in [-0.2, -0.15) is 0 Å². The minimum absolute atomic E-state index is 0.0701. The van der Waals surface area contributed by atoms with Gasteiger partial charge in [0.2, 0.25) is 5.91 Å². The van der Waals surface area contributed by atoms with E-state index in [0.717, 1.165) is 30.0 Å². The second kappa shape index (κ2) is 9.81. The number of benzene rings is 2. The summed E-state index contributed by atoms with van der Waals surface area (Å²) in [5.41, 5.74) is 2.44. The smallest absolute Gasteiger partial charge is 0.235 e. The molecule has 0 spiro atoms. The molecule has 0 saturated carbocycles. The molecule has 2 unspecified atom stereocenters. The van der Waals surface area contributed by atoms with E-state index in [9.17, 15) is 4.79 Å². The van der Waals surface area contributed by atoms with Gasteiger partial charge in [0.25, 0.3) is 0 Å². The van der Waals surface area contributed by atoms with E-state index in [1.54, 1.807) is 17.5 Å². The number of rotatable bonds is 8. The first-order valence-electron chi connectivity index (χ1n) is 10.3. The second-order valence-electron chi connectivity index (χ2n) is 7.57. The summed E-state index contributed by atoms with van der Waals surface area (Å²) in [7, 11) is 0. The number of carbonyl (C=O) groups is 1. The number of amides is 1. The third kappa shape index (κ3) is 5.31.